The third kappa shape index (κ3) is 3.38. The maximum atomic E-state index is 6.31. The highest BCUT2D eigenvalue weighted by Gasteiger charge is 2.06. The number of ether oxygens (including phenoxy) is 1. The highest BCUT2D eigenvalue weighted by molar-refractivity contribution is 6.32. The summed E-state index contributed by atoms with van der Waals surface area (Å²) < 4.78 is 5.76. The van der Waals surface area contributed by atoms with E-state index in [9.17, 15) is 0 Å². The molecular weight excluding hydrogens is 303 g/mol. The largest absolute Gasteiger partial charge is 0.456 e. The second-order valence-corrected chi connectivity index (χ2v) is 5.41. The summed E-state index contributed by atoms with van der Waals surface area (Å²) in [6.07, 6.45) is 0. The number of hydrogen-bond donors (Lipinski definition) is 0. The van der Waals surface area contributed by atoms with Gasteiger partial charge in [0.25, 0.3) is 0 Å². The lowest BCUT2D eigenvalue weighted by molar-refractivity contribution is 0.483. The van der Waals surface area contributed by atoms with Crippen molar-refractivity contribution in [2.45, 2.75) is 0 Å². The minimum Gasteiger partial charge on any atom is -0.456 e. The van der Waals surface area contributed by atoms with Crippen LogP contribution in [0.5, 0.6) is 11.5 Å². The van der Waals surface area contributed by atoms with Gasteiger partial charge in [0.1, 0.15) is 11.5 Å². The summed E-state index contributed by atoms with van der Waals surface area (Å²) in [5, 5.41) is 1.25. The van der Waals surface area contributed by atoms with Crippen LogP contribution in [0.1, 0.15) is 0 Å². The van der Waals surface area contributed by atoms with E-state index in [0.717, 1.165) is 11.1 Å². The highest BCUT2D eigenvalue weighted by atomic mass is 35.5. The Labute approximate surface area is 133 Å². The van der Waals surface area contributed by atoms with Gasteiger partial charge < -0.3 is 4.74 Å². The first-order chi connectivity index (χ1) is 10.2. The van der Waals surface area contributed by atoms with Gasteiger partial charge in [0.2, 0.25) is 0 Å². The summed E-state index contributed by atoms with van der Waals surface area (Å²) in [4.78, 5) is 0. The fourth-order valence-corrected chi connectivity index (χ4v) is 2.37. The lowest BCUT2D eigenvalue weighted by Crippen LogP contribution is -1.86. The lowest BCUT2D eigenvalue weighted by atomic mass is 10.1. The number of benzene rings is 3. The molecule has 1 nitrogen and oxygen atoms in total. The van der Waals surface area contributed by atoms with Crippen molar-refractivity contribution in [3.63, 3.8) is 0 Å². The van der Waals surface area contributed by atoms with E-state index in [0.29, 0.717) is 21.5 Å². The predicted molar refractivity (Wildman–Crippen MR) is 88.4 cm³/mol. The Morgan fingerprint density at radius 3 is 2.05 bits per heavy atom. The van der Waals surface area contributed by atoms with Gasteiger partial charge in [0, 0.05) is 5.02 Å². The molecule has 3 rings (SSSR count). The van der Waals surface area contributed by atoms with E-state index in [1.807, 2.05) is 60.7 Å². The Balaban J connectivity index is 1.86. The summed E-state index contributed by atoms with van der Waals surface area (Å²) >= 11 is 12.2. The molecule has 3 aromatic carbocycles. The van der Waals surface area contributed by atoms with Gasteiger partial charge in [-0.3, -0.25) is 0 Å². The van der Waals surface area contributed by atoms with Crippen LogP contribution >= 0.6 is 23.2 Å². The van der Waals surface area contributed by atoms with E-state index in [4.69, 9.17) is 27.9 Å². The molecule has 0 atom stereocenters. The first kappa shape index (κ1) is 14.0. The van der Waals surface area contributed by atoms with Crippen molar-refractivity contribution >= 4 is 23.2 Å². The second kappa shape index (κ2) is 6.21. The normalized spacial score (nSPS) is 10.4. The molecule has 0 radical (unpaired) electrons. The SMILES string of the molecule is Clc1ccc(Oc2ccc(-c3ccccc3)cc2Cl)cc1. The Morgan fingerprint density at radius 1 is 0.667 bits per heavy atom. The third-order valence-corrected chi connectivity index (χ3v) is 3.63. The van der Waals surface area contributed by atoms with Gasteiger partial charge >= 0.3 is 0 Å². The fourth-order valence-electron chi connectivity index (χ4n) is 2.02. The molecule has 0 saturated heterocycles. The van der Waals surface area contributed by atoms with E-state index in [1.54, 1.807) is 12.1 Å². The van der Waals surface area contributed by atoms with Crippen molar-refractivity contribution in [1.29, 1.82) is 0 Å². The quantitative estimate of drug-likeness (QED) is 0.539. The predicted octanol–water partition coefficient (Wildman–Crippen LogP) is 6.45. The zero-order valence-corrected chi connectivity index (χ0v) is 12.6. The minimum absolute atomic E-state index is 0.575. The minimum atomic E-state index is 0.575. The fraction of sp³-hybridized carbons (Fsp3) is 0. The highest BCUT2D eigenvalue weighted by Crippen LogP contribution is 2.33. The van der Waals surface area contributed by atoms with Gasteiger partial charge in [0.15, 0.2) is 0 Å². The number of hydrogen-bond acceptors (Lipinski definition) is 1. The van der Waals surface area contributed by atoms with Crippen LogP contribution < -0.4 is 4.74 Å². The zero-order chi connectivity index (χ0) is 14.7. The van der Waals surface area contributed by atoms with Crippen molar-refractivity contribution in [3.05, 3.63) is 82.8 Å². The molecule has 0 amide bonds. The van der Waals surface area contributed by atoms with Crippen molar-refractivity contribution in [2.75, 3.05) is 0 Å². The van der Waals surface area contributed by atoms with Crippen molar-refractivity contribution in [3.8, 4) is 22.6 Å². The van der Waals surface area contributed by atoms with E-state index in [-0.39, 0.29) is 0 Å². The molecule has 0 aromatic heterocycles. The molecule has 104 valence electrons. The maximum Gasteiger partial charge on any atom is 0.146 e. The lowest BCUT2D eigenvalue weighted by Gasteiger charge is -2.09. The van der Waals surface area contributed by atoms with Crippen molar-refractivity contribution in [2.24, 2.45) is 0 Å². The molecule has 0 heterocycles. The topological polar surface area (TPSA) is 9.23 Å². The van der Waals surface area contributed by atoms with E-state index < -0.39 is 0 Å². The molecule has 0 bridgehead atoms. The van der Waals surface area contributed by atoms with Crippen LogP contribution in [0.15, 0.2) is 72.8 Å². The van der Waals surface area contributed by atoms with Gasteiger partial charge in [-0.05, 0) is 47.5 Å². The summed E-state index contributed by atoms with van der Waals surface area (Å²) in [5.41, 5.74) is 2.18. The number of rotatable bonds is 3. The molecule has 0 spiro atoms. The first-order valence-corrected chi connectivity index (χ1v) is 7.26. The molecule has 0 N–H and O–H groups in total. The molecule has 0 saturated carbocycles. The molecule has 0 aliphatic heterocycles. The summed E-state index contributed by atoms with van der Waals surface area (Å²) in [7, 11) is 0. The maximum absolute atomic E-state index is 6.31. The molecule has 21 heavy (non-hydrogen) atoms. The smallest absolute Gasteiger partial charge is 0.146 e. The Bertz CT molecular complexity index is 737. The van der Waals surface area contributed by atoms with Gasteiger partial charge in [-0.2, -0.15) is 0 Å². The first-order valence-electron chi connectivity index (χ1n) is 6.51. The third-order valence-electron chi connectivity index (χ3n) is 3.08. The molecule has 0 aliphatic rings. The zero-order valence-electron chi connectivity index (χ0n) is 11.1. The Kier molecular flexibility index (Phi) is 4.14. The van der Waals surface area contributed by atoms with Crippen molar-refractivity contribution < 1.29 is 4.74 Å². The average Bonchev–Trinajstić information content (AvgIpc) is 2.52. The standard InChI is InChI=1S/C18H12Cl2O/c19-15-7-9-16(10-8-15)21-18-11-6-14(12-17(18)20)13-4-2-1-3-5-13/h1-12H. The van der Waals surface area contributed by atoms with Crippen LogP contribution in [-0.4, -0.2) is 0 Å². The van der Waals surface area contributed by atoms with Crippen LogP contribution in [0.4, 0.5) is 0 Å². The van der Waals surface area contributed by atoms with E-state index >= 15 is 0 Å². The molecule has 0 unspecified atom stereocenters. The van der Waals surface area contributed by atoms with E-state index in [2.05, 4.69) is 0 Å². The summed E-state index contributed by atoms with van der Waals surface area (Å²) in [6, 6.07) is 23.0. The molecule has 0 aliphatic carbocycles. The Hall–Kier alpha value is -1.96. The van der Waals surface area contributed by atoms with Crippen LogP contribution in [0.3, 0.4) is 0 Å². The van der Waals surface area contributed by atoms with Gasteiger partial charge in [-0.1, -0.05) is 59.6 Å². The summed E-state index contributed by atoms with van der Waals surface area (Å²) in [6.45, 7) is 0. The van der Waals surface area contributed by atoms with Crippen LogP contribution in [0.25, 0.3) is 11.1 Å². The molecule has 0 fully saturated rings. The Morgan fingerprint density at radius 2 is 1.38 bits per heavy atom. The molecular formula is C18H12Cl2O. The summed E-state index contributed by atoms with van der Waals surface area (Å²) in [5.74, 6) is 1.33. The van der Waals surface area contributed by atoms with Crippen molar-refractivity contribution in [1.82, 2.24) is 0 Å². The average molecular weight is 315 g/mol. The number of halogens is 2. The molecule has 3 aromatic rings. The molecule has 3 heteroatoms. The van der Waals surface area contributed by atoms with Gasteiger partial charge in [0.05, 0.1) is 5.02 Å². The van der Waals surface area contributed by atoms with Gasteiger partial charge in [-0.15, -0.1) is 0 Å². The second-order valence-electron chi connectivity index (χ2n) is 4.57. The van der Waals surface area contributed by atoms with Gasteiger partial charge in [-0.25, -0.2) is 0 Å². The van der Waals surface area contributed by atoms with Crippen LogP contribution in [0, 0.1) is 0 Å². The van der Waals surface area contributed by atoms with Crippen LogP contribution in [0.2, 0.25) is 10.0 Å². The van der Waals surface area contributed by atoms with E-state index in [1.165, 1.54) is 0 Å². The van der Waals surface area contributed by atoms with Crippen LogP contribution in [-0.2, 0) is 0 Å². The monoisotopic (exact) mass is 314 g/mol.